The summed E-state index contributed by atoms with van der Waals surface area (Å²) in [6, 6.07) is 7.80. The molecule has 1 saturated carbocycles. The van der Waals surface area contributed by atoms with Crippen molar-refractivity contribution < 1.29 is 9.84 Å². The van der Waals surface area contributed by atoms with Gasteiger partial charge in [0.2, 0.25) is 0 Å². The molecule has 5 nitrogen and oxygen atoms in total. The number of aliphatic hydroxyl groups is 1. The molecule has 1 aliphatic carbocycles. The first-order chi connectivity index (χ1) is 13.0. The third kappa shape index (κ3) is 3.43. The van der Waals surface area contributed by atoms with Gasteiger partial charge in [0.05, 0.1) is 30.7 Å². The highest BCUT2D eigenvalue weighted by Crippen LogP contribution is 2.40. The number of ether oxygens (including phenoxy) is 1. The number of nitrogens with zero attached hydrogens (tertiary/aromatic N) is 2. The van der Waals surface area contributed by atoms with E-state index in [1.807, 2.05) is 28.8 Å². The number of hydrogen-bond donors (Lipinski definition) is 1. The fraction of sp³-hybridized carbons (Fsp3) is 0.619. The van der Waals surface area contributed by atoms with Crippen LogP contribution < -0.4 is 5.56 Å². The summed E-state index contributed by atoms with van der Waals surface area (Å²) in [7, 11) is 0. The SMILES string of the molecule is CC1CCCC(n2c(SCC3(CO)COC3)nc3ccccc3c2=O)C1C. The standard InChI is InChI=1S/C21H28N2O3S/c1-14-6-5-9-18(15(14)2)23-19(25)16-7-3-4-8-17(16)22-20(23)27-13-21(10-24)11-26-12-21/h3-4,7-8,14-15,18,24H,5-6,9-13H2,1-2H3. The topological polar surface area (TPSA) is 64.3 Å². The number of hydrogen-bond acceptors (Lipinski definition) is 5. The molecule has 2 heterocycles. The molecule has 1 saturated heterocycles. The molecule has 1 aliphatic heterocycles. The average Bonchev–Trinajstić information content (AvgIpc) is 2.64. The molecule has 1 aromatic heterocycles. The first-order valence-corrected chi connectivity index (χ1v) is 10.9. The van der Waals surface area contributed by atoms with Crippen molar-refractivity contribution in [2.75, 3.05) is 25.6 Å². The van der Waals surface area contributed by atoms with Crippen LogP contribution >= 0.6 is 11.8 Å². The molecule has 27 heavy (non-hydrogen) atoms. The zero-order chi connectivity index (χ0) is 19.0. The van der Waals surface area contributed by atoms with Crippen molar-refractivity contribution in [3.8, 4) is 0 Å². The normalized spacial score (nSPS) is 27.4. The minimum atomic E-state index is -0.204. The summed E-state index contributed by atoms with van der Waals surface area (Å²) in [5.74, 6) is 1.76. The second-order valence-corrected chi connectivity index (χ2v) is 9.30. The third-order valence-corrected chi connectivity index (χ3v) is 7.73. The molecule has 2 aromatic rings. The van der Waals surface area contributed by atoms with E-state index in [0.29, 0.717) is 36.2 Å². The van der Waals surface area contributed by atoms with Gasteiger partial charge in [0.1, 0.15) is 0 Å². The molecule has 2 aliphatic rings. The van der Waals surface area contributed by atoms with Gasteiger partial charge < -0.3 is 9.84 Å². The molecule has 0 amide bonds. The number of aromatic nitrogens is 2. The van der Waals surface area contributed by atoms with E-state index in [-0.39, 0.29) is 23.6 Å². The van der Waals surface area contributed by atoms with Gasteiger partial charge >= 0.3 is 0 Å². The fourth-order valence-corrected chi connectivity index (χ4v) is 5.48. The highest BCUT2D eigenvalue weighted by molar-refractivity contribution is 7.99. The Morgan fingerprint density at radius 2 is 2.07 bits per heavy atom. The van der Waals surface area contributed by atoms with Crippen LogP contribution in [0.1, 0.15) is 39.2 Å². The number of para-hydroxylation sites is 1. The van der Waals surface area contributed by atoms with Crippen LogP contribution in [-0.4, -0.2) is 40.2 Å². The second-order valence-electron chi connectivity index (χ2n) is 8.36. The van der Waals surface area contributed by atoms with E-state index in [0.717, 1.165) is 23.5 Å². The number of aliphatic hydroxyl groups excluding tert-OH is 1. The molecule has 6 heteroatoms. The van der Waals surface area contributed by atoms with Crippen molar-refractivity contribution >= 4 is 22.7 Å². The summed E-state index contributed by atoms with van der Waals surface area (Å²) < 4.78 is 7.28. The molecule has 0 spiro atoms. The summed E-state index contributed by atoms with van der Waals surface area (Å²) in [6.45, 7) is 5.81. The van der Waals surface area contributed by atoms with Crippen molar-refractivity contribution in [1.82, 2.24) is 9.55 Å². The van der Waals surface area contributed by atoms with Crippen molar-refractivity contribution in [3.63, 3.8) is 0 Å². The lowest BCUT2D eigenvalue weighted by Gasteiger charge is -2.40. The highest BCUT2D eigenvalue weighted by Gasteiger charge is 2.39. The lowest BCUT2D eigenvalue weighted by atomic mass is 9.78. The Kier molecular flexibility index (Phi) is 5.32. The van der Waals surface area contributed by atoms with E-state index >= 15 is 0 Å². The summed E-state index contributed by atoms with van der Waals surface area (Å²) in [4.78, 5) is 18.3. The summed E-state index contributed by atoms with van der Waals surface area (Å²) in [6.07, 6.45) is 3.39. The van der Waals surface area contributed by atoms with Gasteiger partial charge in [0.25, 0.3) is 5.56 Å². The molecule has 1 N–H and O–H groups in total. The Balaban J connectivity index is 1.77. The van der Waals surface area contributed by atoms with Crippen LogP contribution in [0.5, 0.6) is 0 Å². The van der Waals surface area contributed by atoms with Crippen molar-refractivity contribution in [2.24, 2.45) is 17.3 Å². The average molecular weight is 389 g/mol. The zero-order valence-corrected chi connectivity index (χ0v) is 16.9. The van der Waals surface area contributed by atoms with Crippen LogP contribution in [0.2, 0.25) is 0 Å². The minimum Gasteiger partial charge on any atom is -0.396 e. The van der Waals surface area contributed by atoms with Crippen molar-refractivity contribution in [2.45, 2.75) is 44.3 Å². The first kappa shape index (κ1) is 19.0. The maximum absolute atomic E-state index is 13.4. The van der Waals surface area contributed by atoms with Gasteiger partial charge in [-0.2, -0.15) is 0 Å². The number of thioether (sulfide) groups is 1. The third-order valence-electron chi connectivity index (χ3n) is 6.43. The monoisotopic (exact) mass is 388 g/mol. The molecule has 3 unspecified atom stereocenters. The summed E-state index contributed by atoms with van der Waals surface area (Å²) in [5, 5.41) is 11.2. The van der Waals surface area contributed by atoms with Gasteiger partial charge in [-0.1, -0.05) is 50.6 Å². The van der Waals surface area contributed by atoms with Gasteiger partial charge in [-0.3, -0.25) is 9.36 Å². The first-order valence-electron chi connectivity index (χ1n) is 9.87. The van der Waals surface area contributed by atoms with Gasteiger partial charge in [-0.15, -0.1) is 0 Å². The molecule has 1 aromatic carbocycles. The second kappa shape index (κ2) is 7.57. The Hall–Kier alpha value is -1.37. The van der Waals surface area contributed by atoms with E-state index in [9.17, 15) is 9.90 Å². The summed E-state index contributed by atoms with van der Waals surface area (Å²) >= 11 is 1.59. The molecular weight excluding hydrogens is 360 g/mol. The number of rotatable bonds is 5. The van der Waals surface area contributed by atoms with Gasteiger partial charge in [-0.25, -0.2) is 4.98 Å². The van der Waals surface area contributed by atoms with Crippen molar-refractivity contribution in [1.29, 1.82) is 0 Å². The minimum absolute atomic E-state index is 0.0666. The molecule has 0 radical (unpaired) electrons. The van der Waals surface area contributed by atoms with Gasteiger partial charge in [0.15, 0.2) is 5.16 Å². The molecule has 146 valence electrons. The van der Waals surface area contributed by atoms with E-state index in [2.05, 4.69) is 13.8 Å². The van der Waals surface area contributed by atoms with Crippen molar-refractivity contribution in [3.05, 3.63) is 34.6 Å². The molecule has 4 rings (SSSR count). The van der Waals surface area contributed by atoms with E-state index in [4.69, 9.17) is 9.72 Å². The Bertz CT molecular complexity index is 872. The van der Waals surface area contributed by atoms with Crippen LogP contribution in [0.4, 0.5) is 0 Å². The fourth-order valence-electron chi connectivity index (χ4n) is 4.27. The van der Waals surface area contributed by atoms with Crippen LogP contribution in [-0.2, 0) is 4.74 Å². The molecule has 3 atom stereocenters. The smallest absolute Gasteiger partial charge is 0.262 e. The predicted octanol–water partition coefficient (Wildman–Crippen LogP) is 3.49. The van der Waals surface area contributed by atoms with Gasteiger partial charge in [-0.05, 0) is 30.4 Å². The van der Waals surface area contributed by atoms with E-state index in [1.165, 1.54) is 6.42 Å². The Morgan fingerprint density at radius 3 is 2.78 bits per heavy atom. The lowest BCUT2D eigenvalue weighted by Crippen LogP contribution is -2.47. The Labute approximate surface area is 164 Å². The van der Waals surface area contributed by atoms with Crippen LogP contribution in [0, 0.1) is 17.3 Å². The quantitative estimate of drug-likeness (QED) is 0.627. The molecule has 2 fully saturated rings. The lowest BCUT2D eigenvalue weighted by molar-refractivity contribution is -0.121. The summed E-state index contributed by atoms with van der Waals surface area (Å²) in [5.41, 5.74) is 0.613. The van der Waals surface area contributed by atoms with E-state index in [1.54, 1.807) is 11.8 Å². The van der Waals surface area contributed by atoms with Crippen LogP contribution in [0.25, 0.3) is 10.9 Å². The number of fused-ring (bicyclic) bond motifs is 1. The zero-order valence-electron chi connectivity index (χ0n) is 16.1. The van der Waals surface area contributed by atoms with E-state index < -0.39 is 0 Å². The van der Waals surface area contributed by atoms with Crippen LogP contribution in [0.15, 0.2) is 34.2 Å². The maximum Gasteiger partial charge on any atom is 0.262 e. The van der Waals surface area contributed by atoms with Gasteiger partial charge in [0, 0.05) is 17.2 Å². The Morgan fingerprint density at radius 1 is 1.30 bits per heavy atom. The molecule has 0 bridgehead atoms. The number of benzene rings is 1. The van der Waals surface area contributed by atoms with Crippen LogP contribution in [0.3, 0.4) is 0 Å². The largest absolute Gasteiger partial charge is 0.396 e. The predicted molar refractivity (Wildman–Crippen MR) is 108 cm³/mol. The highest BCUT2D eigenvalue weighted by atomic mass is 32.2. The molecular formula is C21H28N2O3S. The maximum atomic E-state index is 13.4.